The van der Waals surface area contributed by atoms with Crippen molar-refractivity contribution in [2.45, 2.75) is 26.8 Å². The van der Waals surface area contributed by atoms with Gasteiger partial charge in [-0.1, -0.05) is 0 Å². The van der Waals surface area contributed by atoms with E-state index in [1.54, 1.807) is 7.11 Å². The third-order valence-corrected chi connectivity index (χ3v) is 3.34. The van der Waals surface area contributed by atoms with Gasteiger partial charge in [-0.15, -0.1) is 12.4 Å². The number of nitrogens with one attached hydrogen (secondary N) is 1. The molecule has 0 fully saturated rings. The molecule has 0 aliphatic heterocycles. The number of hydrogen-bond donors (Lipinski definition) is 1. The van der Waals surface area contributed by atoms with Gasteiger partial charge in [0.05, 0.1) is 18.2 Å². The summed E-state index contributed by atoms with van der Waals surface area (Å²) in [5, 5.41) is 3.40. The summed E-state index contributed by atoms with van der Waals surface area (Å²) in [6.45, 7) is 7.92. The van der Waals surface area contributed by atoms with Gasteiger partial charge in [0.1, 0.15) is 0 Å². The first-order chi connectivity index (χ1) is 9.72. The Morgan fingerprint density at radius 2 is 1.95 bits per heavy atom. The summed E-state index contributed by atoms with van der Waals surface area (Å²) in [5.74, 6) is 1.52. The molecule has 1 aromatic carbocycles. The molecular weight excluding hydrogens is 358 g/mol. The van der Waals surface area contributed by atoms with E-state index in [-0.39, 0.29) is 12.4 Å². The van der Waals surface area contributed by atoms with Gasteiger partial charge in [-0.3, -0.25) is 0 Å². The maximum Gasteiger partial charge on any atom is 0.174 e. The summed E-state index contributed by atoms with van der Waals surface area (Å²) < 4.78 is 17.2. The minimum absolute atomic E-state index is 0. The summed E-state index contributed by atoms with van der Waals surface area (Å²) in [6, 6.07) is 4.07. The Hall–Kier alpha value is -0.490. The predicted octanol–water partition coefficient (Wildman–Crippen LogP) is 3.79. The Morgan fingerprint density at radius 1 is 1.19 bits per heavy atom. The lowest BCUT2D eigenvalue weighted by Gasteiger charge is -2.13. The van der Waals surface area contributed by atoms with Crippen molar-refractivity contribution in [1.82, 2.24) is 5.32 Å². The molecule has 6 heteroatoms. The molecule has 1 aromatic rings. The molecule has 0 heterocycles. The smallest absolute Gasteiger partial charge is 0.174 e. The van der Waals surface area contributed by atoms with Crippen LogP contribution in [0.25, 0.3) is 0 Å². The number of rotatable bonds is 10. The molecule has 0 saturated carbocycles. The van der Waals surface area contributed by atoms with E-state index in [0.29, 0.717) is 6.61 Å². The van der Waals surface area contributed by atoms with Crippen LogP contribution in [0.2, 0.25) is 0 Å². The zero-order chi connectivity index (χ0) is 14.8. The fourth-order valence-electron chi connectivity index (χ4n) is 1.86. The van der Waals surface area contributed by atoms with Crippen molar-refractivity contribution in [2.24, 2.45) is 0 Å². The molecule has 0 aliphatic rings. The zero-order valence-electron chi connectivity index (χ0n) is 12.9. The van der Waals surface area contributed by atoms with Gasteiger partial charge in [-0.05, 0) is 60.4 Å². The summed E-state index contributed by atoms with van der Waals surface area (Å²) >= 11 is 3.52. The molecule has 0 unspecified atom stereocenters. The van der Waals surface area contributed by atoms with Gasteiger partial charge in [-0.2, -0.15) is 0 Å². The minimum Gasteiger partial charge on any atom is -0.492 e. The van der Waals surface area contributed by atoms with E-state index >= 15 is 0 Å². The molecule has 1 N–H and O–H groups in total. The van der Waals surface area contributed by atoms with Crippen LogP contribution in [-0.4, -0.2) is 33.5 Å². The molecule has 0 saturated heterocycles. The van der Waals surface area contributed by atoms with Crippen molar-refractivity contribution >= 4 is 28.3 Å². The van der Waals surface area contributed by atoms with Crippen molar-refractivity contribution in [3.8, 4) is 11.5 Å². The number of benzene rings is 1. The Bertz CT molecular complexity index is 405. The zero-order valence-corrected chi connectivity index (χ0v) is 15.3. The average Bonchev–Trinajstić information content (AvgIpc) is 2.43. The molecule has 0 atom stereocenters. The fourth-order valence-corrected chi connectivity index (χ4v) is 2.51. The first kappa shape index (κ1) is 20.5. The number of ether oxygens (including phenoxy) is 3. The van der Waals surface area contributed by atoms with Crippen molar-refractivity contribution in [3.05, 3.63) is 22.2 Å². The molecule has 0 bridgehead atoms. The van der Waals surface area contributed by atoms with Gasteiger partial charge >= 0.3 is 0 Å². The van der Waals surface area contributed by atoms with Crippen LogP contribution in [0.15, 0.2) is 16.6 Å². The van der Waals surface area contributed by atoms with Crippen LogP contribution in [0.3, 0.4) is 0 Å². The fraction of sp³-hybridized carbons (Fsp3) is 0.600. The van der Waals surface area contributed by atoms with Gasteiger partial charge < -0.3 is 19.5 Å². The number of hydrogen-bond acceptors (Lipinski definition) is 4. The van der Waals surface area contributed by atoms with E-state index in [1.165, 1.54) is 0 Å². The van der Waals surface area contributed by atoms with Crippen LogP contribution in [-0.2, 0) is 11.3 Å². The molecule has 1 rings (SSSR count). The van der Waals surface area contributed by atoms with Crippen LogP contribution >= 0.6 is 28.3 Å². The molecule has 4 nitrogen and oxygen atoms in total. The highest BCUT2D eigenvalue weighted by atomic mass is 79.9. The third-order valence-electron chi connectivity index (χ3n) is 2.75. The van der Waals surface area contributed by atoms with Crippen molar-refractivity contribution in [3.63, 3.8) is 0 Å². The second-order valence-electron chi connectivity index (χ2n) is 4.27. The lowest BCUT2D eigenvalue weighted by atomic mass is 10.2. The molecule has 0 aromatic heterocycles. The first-order valence-electron chi connectivity index (χ1n) is 7.00. The SMILES string of the molecule is CCOCCCNCc1cc(Br)c(OC)c(OCC)c1.Cl. The van der Waals surface area contributed by atoms with E-state index in [4.69, 9.17) is 14.2 Å². The quantitative estimate of drug-likeness (QED) is 0.625. The van der Waals surface area contributed by atoms with Crippen molar-refractivity contribution in [1.29, 1.82) is 0 Å². The molecule has 122 valence electrons. The van der Waals surface area contributed by atoms with Gasteiger partial charge in [-0.25, -0.2) is 0 Å². The number of methoxy groups -OCH3 is 1. The van der Waals surface area contributed by atoms with E-state index in [9.17, 15) is 0 Å². The molecule has 0 aliphatic carbocycles. The van der Waals surface area contributed by atoms with E-state index in [2.05, 4.69) is 27.3 Å². The molecule has 0 amide bonds. The summed E-state index contributed by atoms with van der Waals surface area (Å²) in [4.78, 5) is 0. The van der Waals surface area contributed by atoms with E-state index in [1.807, 2.05) is 19.9 Å². The monoisotopic (exact) mass is 381 g/mol. The maximum absolute atomic E-state index is 5.61. The Balaban J connectivity index is 0.00000400. The molecule has 0 radical (unpaired) electrons. The predicted molar refractivity (Wildman–Crippen MR) is 91.9 cm³/mol. The van der Waals surface area contributed by atoms with Gasteiger partial charge in [0.2, 0.25) is 0 Å². The van der Waals surface area contributed by atoms with Crippen LogP contribution < -0.4 is 14.8 Å². The van der Waals surface area contributed by atoms with E-state index < -0.39 is 0 Å². The minimum atomic E-state index is 0. The standard InChI is InChI=1S/C15H24BrNO3.ClH/c1-4-19-8-6-7-17-11-12-9-13(16)15(18-3)14(10-12)20-5-2;/h9-10,17H,4-8,11H2,1-3H3;1H. The maximum atomic E-state index is 5.61. The van der Waals surface area contributed by atoms with Crippen LogP contribution in [0.1, 0.15) is 25.8 Å². The van der Waals surface area contributed by atoms with Crippen LogP contribution in [0, 0.1) is 0 Å². The second kappa shape index (κ2) is 12.1. The van der Waals surface area contributed by atoms with Gasteiger partial charge in [0, 0.05) is 19.8 Å². The highest BCUT2D eigenvalue weighted by Crippen LogP contribution is 2.36. The normalized spacial score (nSPS) is 10.1. The van der Waals surface area contributed by atoms with Crippen molar-refractivity contribution in [2.75, 3.05) is 33.5 Å². The van der Waals surface area contributed by atoms with Gasteiger partial charge in [0.25, 0.3) is 0 Å². The van der Waals surface area contributed by atoms with Crippen LogP contribution in [0.5, 0.6) is 11.5 Å². The molecule has 21 heavy (non-hydrogen) atoms. The second-order valence-corrected chi connectivity index (χ2v) is 5.12. The topological polar surface area (TPSA) is 39.7 Å². The Labute approximate surface area is 142 Å². The lowest BCUT2D eigenvalue weighted by Crippen LogP contribution is -2.16. The van der Waals surface area contributed by atoms with Crippen LogP contribution in [0.4, 0.5) is 0 Å². The summed E-state index contributed by atoms with van der Waals surface area (Å²) in [5.41, 5.74) is 1.16. The largest absolute Gasteiger partial charge is 0.492 e. The number of halogens is 2. The Morgan fingerprint density at radius 3 is 2.57 bits per heavy atom. The highest BCUT2D eigenvalue weighted by Gasteiger charge is 2.10. The molecular formula is C15H25BrClNO3. The highest BCUT2D eigenvalue weighted by molar-refractivity contribution is 9.10. The third kappa shape index (κ3) is 7.36. The first-order valence-corrected chi connectivity index (χ1v) is 7.79. The Kier molecular flexibility index (Phi) is 11.8. The van der Waals surface area contributed by atoms with E-state index in [0.717, 1.165) is 54.3 Å². The summed E-state index contributed by atoms with van der Waals surface area (Å²) in [6.07, 6.45) is 1.02. The molecule has 0 spiro atoms. The van der Waals surface area contributed by atoms with Gasteiger partial charge in [0.15, 0.2) is 11.5 Å². The summed E-state index contributed by atoms with van der Waals surface area (Å²) in [7, 11) is 1.65. The average molecular weight is 383 g/mol. The lowest BCUT2D eigenvalue weighted by molar-refractivity contribution is 0.144. The van der Waals surface area contributed by atoms with Crippen molar-refractivity contribution < 1.29 is 14.2 Å².